The normalized spacial score (nSPS) is 14.1. The van der Waals surface area contributed by atoms with Gasteiger partial charge in [0.05, 0.1) is 12.3 Å². The molecule has 1 heterocycles. The Morgan fingerprint density at radius 1 is 0.939 bits per heavy atom. The van der Waals surface area contributed by atoms with Gasteiger partial charge in [0.25, 0.3) is 5.91 Å². The van der Waals surface area contributed by atoms with Crippen LogP contribution in [0, 0.1) is 0 Å². The molecule has 0 bridgehead atoms. The average Bonchev–Trinajstić information content (AvgIpc) is 3.37. The standard InChI is InChI=1S/C25H26N2O5S/c1-2-31-23-15-14-19(18-24(23)33(29,30)27-16-8-9-17-27)25(28)26-21-12-6-7-13-22(21)32-20-10-4-3-5-11-20/h3-7,10-15,18H,2,8-9,16-17H2,1H3,(H,26,28). The van der Waals surface area contributed by atoms with Crippen LogP contribution in [0.5, 0.6) is 17.2 Å². The van der Waals surface area contributed by atoms with Crippen molar-refractivity contribution in [2.75, 3.05) is 25.0 Å². The van der Waals surface area contributed by atoms with Crippen molar-refractivity contribution < 1.29 is 22.7 Å². The van der Waals surface area contributed by atoms with Gasteiger partial charge in [0, 0.05) is 18.7 Å². The summed E-state index contributed by atoms with van der Waals surface area (Å²) < 4.78 is 39.3. The van der Waals surface area contributed by atoms with Crippen molar-refractivity contribution in [2.45, 2.75) is 24.7 Å². The SMILES string of the molecule is CCOc1ccc(C(=O)Nc2ccccc2Oc2ccccc2)cc1S(=O)(=O)N1CCCC1. The summed E-state index contributed by atoms with van der Waals surface area (Å²) >= 11 is 0. The van der Waals surface area contributed by atoms with E-state index in [9.17, 15) is 13.2 Å². The molecule has 0 atom stereocenters. The number of para-hydroxylation sites is 3. The van der Waals surface area contributed by atoms with Gasteiger partial charge in [0.2, 0.25) is 10.0 Å². The Morgan fingerprint density at radius 2 is 1.64 bits per heavy atom. The second-order valence-electron chi connectivity index (χ2n) is 7.57. The zero-order valence-corrected chi connectivity index (χ0v) is 19.2. The predicted molar refractivity (Wildman–Crippen MR) is 127 cm³/mol. The van der Waals surface area contributed by atoms with Crippen LogP contribution in [0.3, 0.4) is 0 Å². The number of ether oxygens (including phenoxy) is 2. The molecule has 1 N–H and O–H groups in total. The number of carbonyl (C=O) groups excluding carboxylic acids is 1. The smallest absolute Gasteiger partial charge is 0.255 e. The molecule has 3 aromatic carbocycles. The number of rotatable bonds is 8. The third-order valence-electron chi connectivity index (χ3n) is 5.29. The highest BCUT2D eigenvalue weighted by molar-refractivity contribution is 7.89. The summed E-state index contributed by atoms with van der Waals surface area (Å²) in [6, 6.07) is 20.8. The molecule has 8 heteroatoms. The van der Waals surface area contributed by atoms with Crippen molar-refractivity contribution in [3.8, 4) is 17.2 Å². The lowest BCUT2D eigenvalue weighted by Gasteiger charge is -2.19. The van der Waals surface area contributed by atoms with Crippen molar-refractivity contribution in [1.82, 2.24) is 4.31 Å². The number of benzene rings is 3. The van der Waals surface area contributed by atoms with E-state index in [1.165, 1.54) is 16.4 Å². The van der Waals surface area contributed by atoms with E-state index in [1.807, 2.05) is 36.4 Å². The van der Waals surface area contributed by atoms with Crippen molar-refractivity contribution in [2.24, 2.45) is 0 Å². The van der Waals surface area contributed by atoms with Crippen molar-refractivity contribution in [3.63, 3.8) is 0 Å². The molecule has 0 spiro atoms. The van der Waals surface area contributed by atoms with E-state index in [-0.39, 0.29) is 16.2 Å². The van der Waals surface area contributed by atoms with Crippen LogP contribution in [0.1, 0.15) is 30.1 Å². The molecule has 33 heavy (non-hydrogen) atoms. The van der Waals surface area contributed by atoms with E-state index in [1.54, 1.807) is 31.2 Å². The molecule has 1 fully saturated rings. The monoisotopic (exact) mass is 466 g/mol. The molecule has 1 aliphatic heterocycles. The zero-order valence-electron chi connectivity index (χ0n) is 18.4. The van der Waals surface area contributed by atoms with E-state index < -0.39 is 15.9 Å². The quantitative estimate of drug-likeness (QED) is 0.510. The first-order valence-electron chi connectivity index (χ1n) is 10.9. The molecule has 0 aliphatic carbocycles. The first kappa shape index (κ1) is 22.8. The highest BCUT2D eigenvalue weighted by Crippen LogP contribution is 2.32. The van der Waals surface area contributed by atoms with Gasteiger partial charge in [-0.2, -0.15) is 4.31 Å². The van der Waals surface area contributed by atoms with Crippen LogP contribution in [0.15, 0.2) is 77.7 Å². The maximum atomic E-state index is 13.2. The first-order valence-corrected chi connectivity index (χ1v) is 12.3. The second kappa shape index (κ2) is 10.1. The maximum absolute atomic E-state index is 13.2. The van der Waals surface area contributed by atoms with Crippen LogP contribution in [-0.2, 0) is 10.0 Å². The van der Waals surface area contributed by atoms with E-state index in [0.717, 1.165) is 12.8 Å². The first-order chi connectivity index (χ1) is 16.0. The zero-order chi connectivity index (χ0) is 23.3. The van der Waals surface area contributed by atoms with Crippen LogP contribution < -0.4 is 14.8 Å². The topological polar surface area (TPSA) is 84.9 Å². The predicted octanol–water partition coefficient (Wildman–Crippen LogP) is 4.91. The van der Waals surface area contributed by atoms with Gasteiger partial charge in [-0.15, -0.1) is 0 Å². The van der Waals surface area contributed by atoms with Crippen LogP contribution in [0.25, 0.3) is 0 Å². The lowest BCUT2D eigenvalue weighted by molar-refractivity contribution is 0.102. The molecule has 0 radical (unpaired) electrons. The number of carbonyl (C=O) groups is 1. The molecule has 4 rings (SSSR count). The second-order valence-corrected chi connectivity index (χ2v) is 9.48. The lowest BCUT2D eigenvalue weighted by atomic mass is 10.2. The fourth-order valence-corrected chi connectivity index (χ4v) is 5.34. The molecular weight excluding hydrogens is 440 g/mol. The molecular formula is C25H26N2O5S. The van der Waals surface area contributed by atoms with Gasteiger partial charge >= 0.3 is 0 Å². The van der Waals surface area contributed by atoms with Gasteiger partial charge in [-0.1, -0.05) is 30.3 Å². The fourth-order valence-electron chi connectivity index (χ4n) is 3.66. The molecule has 0 unspecified atom stereocenters. The number of nitrogens with one attached hydrogen (secondary N) is 1. The lowest BCUT2D eigenvalue weighted by Crippen LogP contribution is -2.28. The van der Waals surface area contributed by atoms with E-state index >= 15 is 0 Å². The summed E-state index contributed by atoms with van der Waals surface area (Å²) in [5.41, 5.74) is 0.690. The number of hydrogen-bond donors (Lipinski definition) is 1. The number of nitrogens with zero attached hydrogens (tertiary/aromatic N) is 1. The van der Waals surface area contributed by atoms with Crippen LogP contribution in [0.2, 0.25) is 0 Å². The summed E-state index contributed by atoms with van der Waals surface area (Å²) in [6.45, 7) is 3.04. The van der Waals surface area contributed by atoms with Gasteiger partial charge in [-0.05, 0) is 62.2 Å². The molecule has 1 amide bonds. The molecule has 3 aromatic rings. The van der Waals surface area contributed by atoms with Crippen molar-refractivity contribution in [3.05, 3.63) is 78.4 Å². The summed E-state index contributed by atoms with van der Waals surface area (Å²) in [5.74, 6) is 0.918. The summed E-state index contributed by atoms with van der Waals surface area (Å²) in [6.07, 6.45) is 1.64. The number of anilines is 1. The molecule has 172 valence electrons. The molecule has 1 saturated heterocycles. The van der Waals surface area contributed by atoms with E-state index in [0.29, 0.717) is 36.9 Å². The summed E-state index contributed by atoms with van der Waals surface area (Å²) in [4.78, 5) is 13.1. The van der Waals surface area contributed by atoms with Gasteiger partial charge in [-0.25, -0.2) is 8.42 Å². The highest BCUT2D eigenvalue weighted by atomic mass is 32.2. The summed E-state index contributed by atoms with van der Waals surface area (Å²) in [5, 5.41) is 2.83. The van der Waals surface area contributed by atoms with Gasteiger partial charge < -0.3 is 14.8 Å². The Kier molecular flexibility index (Phi) is 6.96. The Hall–Kier alpha value is -3.36. The van der Waals surface area contributed by atoms with Gasteiger partial charge in [-0.3, -0.25) is 4.79 Å². The van der Waals surface area contributed by atoms with Crippen molar-refractivity contribution in [1.29, 1.82) is 0 Å². The minimum absolute atomic E-state index is 0.00715. The highest BCUT2D eigenvalue weighted by Gasteiger charge is 2.31. The third-order valence-corrected chi connectivity index (χ3v) is 7.21. The van der Waals surface area contributed by atoms with Gasteiger partial charge in [0.1, 0.15) is 16.4 Å². The average molecular weight is 467 g/mol. The summed E-state index contributed by atoms with van der Waals surface area (Å²) in [7, 11) is -3.77. The van der Waals surface area contributed by atoms with Crippen LogP contribution >= 0.6 is 0 Å². The maximum Gasteiger partial charge on any atom is 0.255 e. The molecule has 0 aromatic heterocycles. The fraction of sp³-hybridized carbons (Fsp3) is 0.240. The van der Waals surface area contributed by atoms with E-state index in [2.05, 4.69) is 5.32 Å². The van der Waals surface area contributed by atoms with Crippen LogP contribution in [-0.4, -0.2) is 38.3 Å². The van der Waals surface area contributed by atoms with E-state index in [4.69, 9.17) is 9.47 Å². The Labute approximate surface area is 194 Å². The third kappa shape index (κ3) is 5.18. The largest absolute Gasteiger partial charge is 0.492 e. The number of amides is 1. The Morgan fingerprint density at radius 3 is 2.36 bits per heavy atom. The van der Waals surface area contributed by atoms with Crippen molar-refractivity contribution >= 4 is 21.6 Å². The van der Waals surface area contributed by atoms with Crippen LogP contribution in [0.4, 0.5) is 5.69 Å². The molecule has 0 saturated carbocycles. The molecule has 1 aliphatic rings. The minimum atomic E-state index is -3.77. The number of sulfonamides is 1. The Balaban J connectivity index is 1.62. The van der Waals surface area contributed by atoms with Gasteiger partial charge in [0.15, 0.2) is 5.75 Å². The molecule has 7 nitrogen and oxygen atoms in total. The number of hydrogen-bond acceptors (Lipinski definition) is 5. The minimum Gasteiger partial charge on any atom is -0.492 e. The Bertz CT molecular complexity index is 1220.